The molecule has 100 valence electrons. The number of hydrogen-bond donors (Lipinski definition) is 0. The van der Waals surface area contributed by atoms with Crippen molar-refractivity contribution in [3.8, 4) is 0 Å². The molecule has 0 N–H and O–H groups in total. The molecule has 0 aliphatic rings. The van der Waals surface area contributed by atoms with Crippen LogP contribution in [0.15, 0.2) is 52.3 Å². The predicted octanol–water partition coefficient (Wildman–Crippen LogP) is 5.30. The van der Waals surface area contributed by atoms with Crippen LogP contribution in [0.5, 0.6) is 0 Å². The van der Waals surface area contributed by atoms with Crippen molar-refractivity contribution in [2.75, 3.05) is 0 Å². The lowest BCUT2D eigenvalue weighted by Crippen LogP contribution is -2.09. The Morgan fingerprint density at radius 3 is 2.16 bits per heavy atom. The van der Waals surface area contributed by atoms with Crippen molar-refractivity contribution in [2.45, 2.75) is 22.9 Å². The van der Waals surface area contributed by atoms with Crippen LogP contribution >= 0.6 is 11.8 Å². The molecule has 0 aliphatic heterocycles. The molecule has 19 heavy (non-hydrogen) atoms. The van der Waals surface area contributed by atoms with E-state index >= 15 is 0 Å². The van der Waals surface area contributed by atoms with Gasteiger partial charge in [0, 0.05) is 9.79 Å². The van der Waals surface area contributed by atoms with Crippen molar-refractivity contribution in [3.63, 3.8) is 0 Å². The first kappa shape index (κ1) is 13.9. The fraction of sp³-hybridized carbons (Fsp3) is 0.143. The number of hydrogen-bond acceptors (Lipinski definition) is 1. The van der Waals surface area contributed by atoms with Crippen LogP contribution in [0.4, 0.5) is 17.6 Å². The summed E-state index contributed by atoms with van der Waals surface area (Å²) in [7, 11) is 0. The van der Waals surface area contributed by atoms with Crippen LogP contribution in [0.3, 0.4) is 0 Å². The Balaban J connectivity index is 2.40. The molecular weight excluding hydrogens is 276 g/mol. The van der Waals surface area contributed by atoms with E-state index in [1.165, 1.54) is 12.1 Å². The monoisotopic (exact) mass is 286 g/mol. The van der Waals surface area contributed by atoms with Gasteiger partial charge in [0.15, 0.2) is 0 Å². The summed E-state index contributed by atoms with van der Waals surface area (Å²) in [6.07, 6.45) is -4.70. The molecule has 0 saturated carbocycles. The SMILES string of the molecule is Cc1ccc(Sc2cccc(F)c2C(F)(F)F)cc1. The molecule has 0 fully saturated rings. The van der Waals surface area contributed by atoms with E-state index in [1.54, 1.807) is 24.3 Å². The summed E-state index contributed by atoms with van der Waals surface area (Å²) >= 11 is 0.904. The predicted molar refractivity (Wildman–Crippen MR) is 66.7 cm³/mol. The van der Waals surface area contributed by atoms with E-state index in [2.05, 4.69) is 0 Å². The minimum Gasteiger partial charge on any atom is -0.206 e. The second kappa shape index (κ2) is 5.25. The average molecular weight is 286 g/mol. The second-order valence-electron chi connectivity index (χ2n) is 4.03. The van der Waals surface area contributed by atoms with E-state index in [0.717, 1.165) is 23.4 Å². The smallest absolute Gasteiger partial charge is 0.206 e. The number of rotatable bonds is 2. The molecular formula is C14H10F4S. The lowest BCUT2D eigenvalue weighted by molar-refractivity contribution is -0.142. The molecule has 0 heterocycles. The molecule has 0 nitrogen and oxygen atoms in total. The van der Waals surface area contributed by atoms with Gasteiger partial charge in [0.2, 0.25) is 0 Å². The molecule has 0 unspecified atom stereocenters. The van der Waals surface area contributed by atoms with Gasteiger partial charge in [0.1, 0.15) is 11.4 Å². The first-order chi connectivity index (χ1) is 8.88. The largest absolute Gasteiger partial charge is 0.420 e. The standard InChI is InChI=1S/C14H10F4S/c1-9-5-7-10(8-6-9)19-12-4-2-3-11(15)13(12)14(16,17)18/h2-8H,1H3. The van der Waals surface area contributed by atoms with E-state index in [-0.39, 0.29) is 4.90 Å². The van der Waals surface area contributed by atoms with E-state index in [0.29, 0.717) is 4.90 Å². The van der Waals surface area contributed by atoms with Crippen LogP contribution in [-0.4, -0.2) is 0 Å². The highest BCUT2D eigenvalue weighted by atomic mass is 32.2. The van der Waals surface area contributed by atoms with Gasteiger partial charge in [0.05, 0.1) is 0 Å². The summed E-state index contributed by atoms with van der Waals surface area (Å²) in [6, 6.07) is 10.4. The Bertz CT molecular complexity index is 573. The quantitative estimate of drug-likeness (QED) is 0.675. The Labute approximate surface area is 112 Å². The van der Waals surface area contributed by atoms with Crippen molar-refractivity contribution in [3.05, 3.63) is 59.4 Å². The summed E-state index contributed by atoms with van der Waals surface area (Å²) in [4.78, 5) is 0.512. The van der Waals surface area contributed by atoms with Crippen molar-refractivity contribution in [1.29, 1.82) is 0 Å². The summed E-state index contributed by atoms with van der Waals surface area (Å²) < 4.78 is 51.8. The number of aryl methyl sites for hydroxylation is 1. The highest BCUT2D eigenvalue weighted by Crippen LogP contribution is 2.40. The van der Waals surface area contributed by atoms with Crippen LogP contribution in [-0.2, 0) is 6.18 Å². The molecule has 2 aromatic rings. The van der Waals surface area contributed by atoms with Crippen molar-refractivity contribution in [2.24, 2.45) is 0 Å². The summed E-state index contributed by atoms with van der Waals surface area (Å²) in [5.74, 6) is -1.25. The van der Waals surface area contributed by atoms with E-state index in [9.17, 15) is 17.6 Å². The van der Waals surface area contributed by atoms with Gasteiger partial charge in [-0.15, -0.1) is 0 Å². The zero-order valence-electron chi connectivity index (χ0n) is 9.96. The highest BCUT2D eigenvalue weighted by Gasteiger charge is 2.36. The van der Waals surface area contributed by atoms with Crippen LogP contribution in [0.25, 0.3) is 0 Å². The van der Waals surface area contributed by atoms with Gasteiger partial charge in [-0.25, -0.2) is 4.39 Å². The molecule has 0 radical (unpaired) electrons. The summed E-state index contributed by atoms with van der Waals surface area (Å²) in [5.41, 5.74) is -0.194. The summed E-state index contributed by atoms with van der Waals surface area (Å²) in [6.45, 7) is 1.89. The molecule has 0 amide bonds. The first-order valence-electron chi connectivity index (χ1n) is 5.48. The third kappa shape index (κ3) is 3.29. The zero-order chi connectivity index (χ0) is 14.0. The molecule has 0 atom stereocenters. The van der Waals surface area contributed by atoms with Crippen LogP contribution in [0.2, 0.25) is 0 Å². The van der Waals surface area contributed by atoms with Crippen molar-refractivity contribution >= 4 is 11.8 Å². The fourth-order valence-electron chi connectivity index (χ4n) is 1.60. The lowest BCUT2D eigenvalue weighted by atomic mass is 10.2. The molecule has 0 saturated heterocycles. The van der Waals surface area contributed by atoms with E-state index < -0.39 is 17.6 Å². The lowest BCUT2D eigenvalue weighted by Gasteiger charge is -2.13. The van der Waals surface area contributed by atoms with Gasteiger partial charge in [-0.3, -0.25) is 0 Å². The Morgan fingerprint density at radius 2 is 1.58 bits per heavy atom. The molecule has 0 spiro atoms. The number of benzene rings is 2. The Morgan fingerprint density at radius 1 is 0.947 bits per heavy atom. The van der Waals surface area contributed by atoms with Gasteiger partial charge < -0.3 is 0 Å². The molecule has 2 rings (SSSR count). The Kier molecular flexibility index (Phi) is 3.85. The third-order valence-electron chi connectivity index (χ3n) is 2.51. The molecule has 0 aromatic heterocycles. The fourth-order valence-corrected chi connectivity index (χ4v) is 2.59. The van der Waals surface area contributed by atoms with Gasteiger partial charge in [-0.1, -0.05) is 35.5 Å². The van der Waals surface area contributed by atoms with Gasteiger partial charge in [-0.2, -0.15) is 13.2 Å². The van der Waals surface area contributed by atoms with E-state index in [1.807, 2.05) is 6.92 Å². The zero-order valence-corrected chi connectivity index (χ0v) is 10.8. The maximum absolute atomic E-state index is 13.4. The molecule has 5 heteroatoms. The van der Waals surface area contributed by atoms with Crippen molar-refractivity contribution < 1.29 is 17.6 Å². The average Bonchev–Trinajstić information content (AvgIpc) is 2.30. The number of halogens is 4. The molecule has 0 bridgehead atoms. The highest BCUT2D eigenvalue weighted by molar-refractivity contribution is 7.99. The van der Waals surface area contributed by atoms with Crippen LogP contribution < -0.4 is 0 Å². The van der Waals surface area contributed by atoms with Crippen LogP contribution in [0.1, 0.15) is 11.1 Å². The van der Waals surface area contributed by atoms with Gasteiger partial charge >= 0.3 is 6.18 Å². The minimum atomic E-state index is -4.70. The first-order valence-corrected chi connectivity index (χ1v) is 6.30. The van der Waals surface area contributed by atoms with Crippen LogP contribution in [0, 0.1) is 12.7 Å². The normalized spacial score (nSPS) is 11.6. The Hall–Kier alpha value is -1.49. The van der Waals surface area contributed by atoms with Crippen molar-refractivity contribution in [1.82, 2.24) is 0 Å². The second-order valence-corrected chi connectivity index (χ2v) is 5.14. The topological polar surface area (TPSA) is 0 Å². The van der Waals surface area contributed by atoms with E-state index in [4.69, 9.17) is 0 Å². The maximum Gasteiger partial charge on any atom is 0.420 e. The van der Waals surface area contributed by atoms with Gasteiger partial charge in [-0.05, 0) is 31.2 Å². The minimum absolute atomic E-state index is 0.128. The summed E-state index contributed by atoms with van der Waals surface area (Å²) in [5, 5.41) is 0. The molecule has 2 aromatic carbocycles. The number of alkyl halides is 3. The molecule has 0 aliphatic carbocycles. The third-order valence-corrected chi connectivity index (χ3v) is 3.58. The van der Waals surface area contributed by atoms with Gasteiger partial charge in [0.25, 0.3) is 0 Å². The maximum atomic E-state index is 13.4.